The summed E-state index contributed by atoms with van der Waals surface area (Å²) in [4.78, 5) is 27.0. The molecule has 176 valence electrons. The molecule has 1 unspecified atom stereocenters. The van der Waals surface area contributed by atoms with Gasteiger partial charge in [0.25, 0.3) is 0 Å². The molecule has 2 bridgehead atoms. The lowest BCUT2D eigenvalue weighted by Crippen LogP contribution is -2.60. The number of cyclic esters (lactones) is 1. The summed E-state index contributed by atoms with van der Waals surface area (Å²) < 4.78 is 18.2. The van der Waals surface area contributed by atoms with Crippen molar-refractivity contribution in [1.29, 1.82) is 0 Å². The lowest BCUT2D eigenvalue weighted by molar-refractivity contribution is -0.143. The highest BCUT2D eigenvalue weighted by atomic mass is 16.6. The zero-order chi connectivity index (χ0) is 23.8. The number of carbonyl (C=O) groups excluding carboxylic acids is 2. The van der Waals surface area contributed by atoms with Crippen LogP contribution in [-0.4, -0.2) is 30.8 Å². The van der Waals surface area contributed by atoms with Gasteiger partial charge in [0.2, 0.25) is 5.72 Å². The molecular formula is C28H29NO5. The van der Waals surface area contributed by atoms with Crippen molar-refractivity contribution in [2.75, 3.05) is 18.1 Å². The van der Waals surface area contributed by atoms with Crippen LogP contribution in [-0.2, 0) is 19.7 Å². The van der Waals surface area contributed by atoms with Crippen LogP contribution in [0.25, 0.3) is 6.08 Å². The van der Waals surface area contributed by atoms with E-state index in [0.717, 1.165) is 16.8 Å². The Balaban J connectivity index is 1.59. The number of hydrogen-bond donors (Lipinski definition) is 0. The molecule has 3 aliphatic heterocycles. The first kappa shape index (κ1) is 22.3. The Kier molecular flexibility index (Phi) is 5.68. The minimum absolute atomic E-state index is 0.234. The van der Waals surface area contributed by atoms with E-state index in [0.29, 0.717) is 37.3 Å². The van der Waals surface area contributed by atoms with Crippen molar-refractivity contribution in [1.82, 2.24) is 0 Å². The quantitative estimate of drug-likeness (QED) is 0.308. The summed E-state index contributed by atoms with van der Waals surface area (Å²) in [6.07, 6.45) is 9.58. The first-order valence-corrected chi connectivity index (χ1v) is 11.8. The summed E-state index contributed by atoms with van der Waals surface area (Å²) in [7, 11) is 0. The topological polar surface area (TPSA) is 65.1 Å². The molecule has 5 rings (SSSR count). The van der Waals surface area contributed by atoms with Gasteiger partial charge in [-0.15, -0.1) is 0 Å². The Morgan fingerprint density at radius 2 is 1.68 bits per heavy atom. The summed E-state index contributed by atoms with van der Waals surface area (Å²) >= 11 is 0. The number of benzene rings is 2. The summed E-state index contributed by atoms with van der Waals surface area (Å²) in [5.41, 5.74) is 1.71. The molecule has 1 atom stereocenters. The number of ether oxygens (including phenoxy) is 3. The van der Waals surface area contributed by atoms with Crippen LogP contribution in [0.2, 0.25) is 0 Å². The molecule has 0 radical (unpaired) electrons. The van der Waals surface area contributed by atoms with Gasteiger partial charge in [0.15, 0.2) is 11.5 Å². The van der Waals surface area contributed by atoms with E-state index in [1.54, 1.807) is 6.07 Å². The van der Waals surface area contributed by atoms with Crippen molar-refractivity contribution in [3.8, 4) is 11.5 Å². The molecule has 0 saturated heterocycles. The summed E-state index contributed by atoms with van der Waals surface area (Å²) in [5.74, 6) is 0.403. The monoisotopic (exact) mass is 459 g/mol. The highest BCUT2D eigenvalue weighted by molar-refractivity contribution is 5.77. The molecule has 6 nitrogen and oxygen atoms in total. The smallest absolute Gasteiger partial charge is 0.311 e. The third-order valence-electron chi connectivity index (χ3n) is 6.92. The first-order chi connectivity index (χ1) is 16.4. The normalized spacial score (nSPS) is 24.7. The van der Waals surface area contributed by atoms with Crippen LogP contribution < -0.4 is 14.4 Å². The molecular weight excluding hydrogens is 430 g/mol. The maximum atomic E-state index is 12.6. The Hall–Kier alpha value is -3.54. The number of rotatable bonds is 0. The third kappa shape index (κ3) is 3.67. The van der Waals surface area contributed by atoms with Crippen molar-refractivity contribution in [3.63, 3.8) is 0 Å². The number of esters is 2. The van der Waals surface area contributed by atoms with Gasteiger partial charge in [-0.3, -0.25) is 9.59 Å². The zero-order valence-electron chi connectivity index (χ0n) is 19.6. The minimum atomic E-state index is -0.881. The second-order valence-corrected chi connectivity index (χ2v) is 9.34. The van der Waals surface area contributed by atoms with Gasteiger partial charge in [0.05, 0.1) is 12.0 Å². The van der Waals surface area contributed by atoms with Crippen molar-refractivity contribution in [3.05, 3.63) is 71.8 Å². The molecule has 0 fully saturated rings. The fourth-order valence-electron chi connectivity index (χ4n) is 5.10. The van der Waals surface area contributed by atoms with Crippen LogP contribution in [0.4, 0.5) is 5.69 Å². The number of hydrogen-bond acceptors (Lipinski definition) is 6. The number of fused-ring (bicyclic) bond motifs is 2. The SMILES string of the molecule is CC1(C)c2ccccc2N2CCOC(=O)CC/C=C\CCC(=O)Oc3cccc4c3OC21C=C4. The number of allylic oxidation sites excluding steroid dienone is 2. The van der Waals surface area contributed by atoms with E-state index < -0.39 is 11.1 Å². The van der Waals surface area contributed by atoms with Gasteiger partial charge < -0.3 is 19.1 Å². The summed E-state index contributed by atoms with van der Waals surface area (Å²) in [6.45, 7) is 5.00. The second kappa shape index (κ2) is 8.67. The van der Waals surface area contributed by atoms with Crippen LogP contribution in [0.3, 0.4) is 0 Å². The lowest BCUT2D eigenvalue weighted by atomic mass is 9.76. The summed E-state index contributed by atoms with van der Waals surface area (Å²) in [5, 5.41) is 0. The largest absolute Gasteiger partial charge is 0.464 e. The van der Waals surface area contributed by atoms with Gasteiger partial charge in [0, 0.05) is 24.1 Å². The molecule has 0 aromatic heterocycles. The molecule has 3 heterocycles. The Bertz CT molecular complexity index is 1180. The van der Waals surface area contributed by atoms with Gasteiger partial charge in [-0.2, -0.15) is 0 Å². The lowest BCUT2D eigenvalue weighted by Gasteiger charge is -2.47. The Labute approximate surface area is 199 Å². The van der Waals surface area contributed by atoms with E-state index >= 15 is 0 Å². The van der Waals surface area contributed by atoms with Crippen LogP contribution >= 0.6 is 0 Å². The summed E-state index contributed by atoms with van der Waals surface area (Å²) in [6, 6.07) is 13.8. The van der Waals surface area contributed by atoms with Crippen molar-refractivity contribution < 1.29 is 23.8 Å². The standard InChI is InChI=1S/C28H29NO5/c1-27(2)21-11-7-8-12-22(21)29-18-19-32-24(30)14-5-3-4-6-15-25(31)33-23-13-9-10-20-16-17-28(27,29)34-26(20)23/h3-4,7-13,16-17H,5-6,14-15,18-19H2,1-2H3/b4-3-. The van der Waals surface area contributed by atoms with E-state index in [1.165, 1.54) is 0 Å². The predicted molar refractivity (Wildman–Crippen MR) is 130 cm³/mol. The van der Waals surface area contributed by atoms with E-state index in [9.17, 15) is 9.59 Å². The number of nitrogens with zero attached hydrogens (tertiary/aromatic N) is 1. The fourth-order valence-corrected chi connectivity index (χ4v) is 5.10. The fraction of sp³-hybridized carbons (Fsp3) is 0.357. The number of para-hydroxylation sites is 2. The van der Waals surface area contributed by atoms with Gasteiger partial charge in [-0.05, 0) is 56.5 Å². The maximum Gasteiger partial charge on any atom is 0.311 e. The first-order valence-electron chi connectivity index (χ1n) is 11.8. The van der Waals surface area contributed by atoms with E-state index in [2.05, 4.69) is 37.0 Å². The zero-order valence-corrected chi connectivity index (χ0v) is 19.6. The molecule has 1 spiro atoms. The maximum absolute atomic E-state index is 12.6. The Morgan fingerprint density at radius 3 is 2.50 bits per heavy atom. The number of anilines is 1. The minimum Gasteiger partial charge on any atom is -0.464 e. The molecule has 6 heteroatoms. The van der Waals surface area contributed by atoms with Gasteiger partial charge in [0.1, 0.15) is 6.61 Å². The van der Waals surface area contributed by atoms with Crippen LogP contribution in [0.1, 0.15) is 50.7 Å². The molecule has 0 N–H and O–H groups in total. The molecule has 3 aliphatic rings. The predicted octanol–water partition coefficient (Wildman–Crippen LogP) is 5.17. The van der Waals surface area contributed by atoms with Gasteiger partial charge >= 0.3 is 11.9 Å². The molecule has 0 saturated carbocycles. The van der Waals surface area contributed by atoms with Crippen molar-refractivity contribution in [2.45, 2.75) is 50.7 Å². The third-order valence-corrected chi connectivity index (χ3v) is 6.92. The van der Waals surface area contributed by atoms with E-state index in [-0.39, 0.29) is 25.0 Å². The second-order valence-electron chi connectivity index (χ2n) is 9.34. The molecule has 0 amide bonds. The average Bonchev–Trinajstić information content (AvgIpc) is 3.00. The highest BCUT2D eigenvalue weighted by Gasteiger charge is 2.59. The average molecular weight is 460 g/mol. The molecule has 0 aliphatic carbocycles. The molecule has 2 aromatic rings. The number of carbonyl (C=O) groups is 2. The van der Waals surface area contributed by atoms with Crippen LogP contribution in [0.5, 0.6) is 11.5 Å². The Morgan fingerprint density at radius 1 is 0.912 bits per heavy atom. The van der Waals surface area contributed by atoms with Gasteiger partial charge in [-0.1, -0.05) is 42.5 Å². The van der Waals surface area contributed by atoms with Crippen LogP contribution in [0.15, 0.2) is 60.7 Å². The van der Waals surface area contributed by atoms with E-state index in [4.69, 9.17) is 14.2 Å². The molecule has 2 aromatic carbocycles. The van der Waals surface area contributed by atoms with Crippen molar-refractivity contribution in [2.24, 2.45) is 0 Å². The van der Waals surface area contributed by atoms with Gasteiger partial charge in [-0.25, -0.2) is 0 Å². The highest BCUT2D eigenvalue weighted by Crippen LogP contribution is 2.55. The van der Waals surface area contributed by atoms with E-state index in [1.807, 2.05) is 42.5 Å². The van der Waals surface area contributed by atoms with Crippen LogP contribution in [0, 0.1) is 0 Å². The molecule has 34 heavy (non-hydrogen) atoms. The van der Waals surface area contributed by atoms with Crippen molar-refractivity contribution >= 4 is 23.7 Å².